The molecule has 0 bridgehead atoms. The van der Waals surface area contributed by atoms with Crippen molar-refractivity contribution in [1.29, 1.82) is 0 Å². The van der Waals surface area contributed by atoms with Crippen LogP contribution in [0.5, 0.6) is 0 Å². The van der Waals surface area contributed by atoms with E-state index in [1.807, 2.05) is 0 Å². The third-order valence-corrected chi connectivity index (χ3v) is 7.44. The standard InChI is InChI=1S/C28H30F7N3O3/c1-15-9-19(29)5-6-20(15)22-14-38(25(41)26(2,3)24(36)40)8-7-21(22)23(39)37(4)13-16-10-17(27(30,31)32)12-18(11-16)28(33,34)35/h5-6,9-12,21-22H,7-8,13-14H2,1-4H3,(H2,36,40)/t21-,22+/m1/s1. The molecule has 0 unspecified atom stereocenters. The van der Waals surface area contributed by atoms with E-state index in [0.717, 1.165) is 4.90 Å². The molecule has 1 saturated heterocycles. The second kappa shape index (κ2) is 11.3. The fraction of sp³-hybridized carbons (Fsp3) is 0.464. The molecule has 13 heteroatoms. The van der Waals surface area contributed by atoms with E-state index >= 15 is 0 Å². The van der Waals surface area contributed by atoms with Crippen LogP contribution < -0.4 is 5.73 Å². The Morgan fingerprint density at radius 2 is 1.54 bits per heavy atom. The Morgan fingerprint density at radius 3 is 2.02 bits per heavy atom. The highest BCUT2D eigenvalue weighted by molar-refractivity contribution is 6.03. The molecule has 224 valence electrons. The third-order valence-electron chi connectivity index (χ3n) is 7.44. The summed E-state index contributed by atoms with van der Waals surface area (Å²) in [5.74, 6) is -4.09. The highest BCUT2D eigenvalue weighted by Crippen LogP contribution is 2.39. The summed E-state index contributed by atoms with van der Waals surface area (Å²) >= 11 is 0. The van der Waals surface area contributed by atoms with Gasteiger partial charge in [0.15, 0.2) is 0 Å². The van der Waals surface area contributed by atoms with E-state index in [0.29, 0.717) is 23.3 Å². The Bertz CT molecular complexity index is 1310. The summed E-state index contributed by atoms with van der Waals surface area (Å²) in [7, 11) is 1.26. The molecule has 2 N–H and O–H groups in total. The maximum Gasteiger partial charge on any atom is 0.416 e. The predicted octanol–water partition coefficient (Wildman–Crippen LogP) is 5.27. The van der Waals surface area contributed by atoms with Crippen LogP contribution in [0.3, 0.4) is 0 Å². The van der Waals surface area contributed by atoms with Gasteiger partial charge in [-0.2, -0.15) is 26.3 Å². The van der Waals surface area contributed by atoms with Crippen molar-refractivity contribution >= 4 is 17.7 Å². The Balaban J connectivity index is 1.96. The molecule has 1 fully saturated rings. The van der Waals surface area contributed by atoms with E-state index in [2.05, 4.69) is 0 Å². The summed E-state index contributed by atoms with van der Waals surface area (Å²) in [4.78, 5) is 41.1. The Kier molecular flexibility index (Phi) is 8.81. The topological polar surface area (TPSA) is 83.7 Å². The fourth-order valence-electron chi connectivity index (χ4n) is 5.05. The largest absolute Gasteiger partial charge is 0.416 e. The van der Waals surface area contributed by atoms with Crippen LogP contribution in [0, 0.1) is 24.1 Å². The number of aryl methyl sites for hydroxylation is 1. The van der Waals surface area contributed by atoms with Crippen LogP contribution in [0.2, 0.25) is 0 Å². The van der Waals surface area contributed by atoms with Gasteiger partial charge in [0, 0.05) is 38.5 Å². The Hall–Kier alpha value is -3.64. The molecule has 0 spiro atoms. The monoisotopic (exact) mass is 589 g/mol. The maximum absolute atomic E-state index is 13.9. The van der Waals surface area contributed by atoms with Gasteiger partial charge in [0.1, 0.15) is 11.2 Å². The number of benzene rings is 2. The van der Waals surface area contributed by atoms with E-state index in [9.17, 15) is 45.1 Å². The van der Waals surface area contributed by atoms with E-state index in [-0.39, 0.29) is 31.1 Å². The first-order valence-electron chi connectivity index (χ1n) is 12.6. The SMILES string of the molecule is Cc1cc(F)ccc1[C@@H]1CN(C(=O)C(C)(C)C(N)=O)CC[C@H]1C(=O)N(C)Cc1cc(C(F)(F)F)cc(C(F)(F)F)c1. The molecule has 6 nitrogen and oxygen atoms in total. The van der Waals surface area contributed by atoms with Crippen molar-refractivity contribution in [3.63, 3.8) is 0 Å². The number of amides is 3. The van der Waals surface area contributed by atoms with Gasteiger partial charge in [0.05, 0.1) is 11.1 Å². The van der Waals surface area contributed by atoms with Crippen LogP contribution in [0.15, 0.2) is 36.4 Å². The first-order valence-corrected chi connectivity index (χ1v) is 12.6. The number of alkyl halides is 6. The normalized spacial score (nSPS) is 18.3. The quantitative estimate of drug-likeness (QED) is 0.368. The number of carbonyl (C=O) groups is 3. The van der Waals surface area contributed by atoms with Crippen LogP contribution in [-0.2, 0) is 33.3 Å². The van der Waals surface area contributed by atoms with E-state index in [1.54, 1.807) is 6.92 Å². The van der Waals surface area contributed by atoms with Crippen LogP contribution >= 0.6 is 0 Å². The number of piperidine rings is 1. The van der Waals surface area contributed by atoms with Crippen LogP contribution in [0.1, 0.15) is 54.0 Å². The van der Waals surface area contributed by atoms with Gasteiger partial charge in [-0.3, -0.25) is 14.4 Å². The Labute approximate surface area is 232 Å². The minimum atomic E-state index is -5.04. The number of hydrogen-bond donors (Lipinski definition) is 1. The van der Waals surface area contributed by atoms with Crippen molar-refractivity contribution < 1.29 is 45.1 Å². The second-order valence-corrected chi connectivity index (χ2v) is 10.9. The number of primary amides is 1. The molecule has 0 aromatic heterocycles. The highest BCUT2D eigenvalue weighted by atomic mass is 19.4. The summed E-state index contributed by atoms with van der Waals surface area (Å²) in [6.07, 6.45) is -10.0. The molecule has 0 aliphatic carbocycles. The van der Waals surface area contributed by atoms with Gasteiger partial charge < -0.3 is 15.5 Å². The van der Waals surface area contributed by atoms with Gasteiger partial charge in [0.25, 0.3) is 0 Å². The van der Waals surface area contributed by atoms with Gasteiger partial charge >= 0.3 is 12.4 Å². The van der Waals surface area contributed by atoms with Crippen molar-refractivity contribution in [3.05, 3.63) is 70.0 Å². The molecule has 1 aliphatic heterocycles. The Morgan fingerprint density at radius 1 is 0.976 bits per heavy atom. The maximum atomic E-state index is 13.9. The number of carbonyl (C=O) groups excluding carboxylic acids is 3. The lowest BCUT2D eigenvalue weighted by molar-refractivity contribution is -0.151. The summed E-state index contributed by atoms with van der Waals surface area (Å²) in [6.45, 7) is 3.79. The van der Waals surface area contributed by atoms with Crippen LogP contribution in [-0.4, -0.2) is 47.7 Å². The zero-order valence-electron chi connectivity index (χ0n) is 22.8. The van der Waals surface area contributed by atoms with Gasteiger partial charge in [0.2, 0.25) is 17.7 Å². The molecule has 2 aromatic carbocycles. The molecule has 0 saturated carbocycles. The molecular formula is C28H30F7N3O3. The molecule has 41 heavy (non-hydrogen) atoms. The molecular weight excluding hydrogens is 559 g/mol. The summed E-state index contributed by atoms with van der Waals surface area (Å²) in [6, 6.07) is 5.03. The highest BCUT2D eigenvalue weighted by Gasteiger charge is 2.44. The number of rotatable bonds is 6. The average molecular weight is 590 g/mol. The number of nitrogens with two attached hydrogens (primary N) is 1. The van der Waals surface area contributed by atoms with Crippen molar-refractivity contribution in [2.24, 2.45) is 17.1 Å². The molecule has 2 aromatic rings. The van der Waals surface area contributed by atoms with Crippen molar-refractivity contribution in [2.75, 3.05) is 20.1 Å². The molecule has 2 atom stereocenters. The number of nitrogens with zero attached hydrogens (tertiary/aromatic N) is 2. The predicted molar refractivity (Wildman–Crippen MR) is 134 cm³/mol. The van der Waals surface area contributed by atoms with Crippen LogP contribution in [0.4, 0.5) is 30.7 Å². The lowest BCUT2D eigenvalue weighted by Crippen LogP contribution is -2.53. The lowest BCUT2D eigenvalue weighted by atomic mass is 9.77. The average Bonchev–Trinajstić information content (AvgIpc) is 2.86. The minimum absolute atomic E-state index is 0.0129. The first-order chi connectivity index (χ1) is 18.7. The first kappa shape index (κ1) is 31.9. The van der Waals surface area contributed by atoms with Crippen molar-refractivity contribution in [3.8, 4) is 0 Å². The molecule has 1 heterocycles. The van der Waals surface area contributed by atoms with Gasteiger partial charge in [-0.1, -0.05) is 6.07 Å². The zero-order chi connectivity index (χ0) is 31.1. The molecule has 0 radical (unpaired) electrons. The third kappa shape index (κ3) is 6.99. The van der Waals surface area contributed by atoms with E-state index < -0.39 is 70.8 Å². The zero-order valence-corrected chi connectivity index (χ0v) is 22.8. The minimum Gasteiger partial charge on any atom is -0.369 e. The van der Waals surface area contributed by atoms with E-state index in [1.165, 1.54) is 44.0 Å². The fourth-order valence-corrected chi connectivity index (χ4v) is 5.05. The van der Waals surface area contributed by atoms with Crippen molar-refractivity contribution in [1.82, 2.24) is 9.80 Å². The summed E-state index contributed by atoms with van der Waals surface area (Å²) < 4.78 is 93.8. The summed E-state index contributed by atoms with van der Waals surface area (Å²) in [5, 5.41) is 0. The van der Waals surface area contributed by atoms with Crippen LogP contribution in [0.25, 0.3) is 0 Å². The lowest BCUT2D eigenvalue weighted by Gasteiger charge is -2.42. The molecule has 3 amide bonds. The van der Waals surface area contributed by atoms with Gasteiger partial charge in [-0.25, -0.2) is 4.39 Å². The second-order valence-electron chi connectivity index (χ2n) is 10.9. The molecule has 1 aliphatic rings. The van der Waals surface area contributed by atoms with Gasteiger partial charge in [-0.15, -0.1) is 0 Å². The van der Waals surface area contributed by atoms with Gasteiger partial charge in [-0.05, 0) is 74.2 Å². The number of likely N-dealkylation sites (tertiary alicyclic amines) is 1. The van der Waals surface area contributed by atoms with E-state index in [4.69, 9.17) is 5.73 Å². The molecule has 3 rings (SSSR count). The van der Waals surface area contributed by atoms with Crippen molar-refractivity contribution in [2.45, 2.75) is 52.0 Å². The number of halogens is 7. The smallest absolute Gasteiger partial charge is 0.369 e. The number of hydrogen-bond acceptors (Lipinski definition) is 3. The summed E-state index contributed by atoms with van der Waals surface area (Å²) in [5.41, 5.74) is 1.51.